The van der Waals surface area contributed by atoms with Crippen molar-refractivity contribution in [3.63, 3.8) is 0 Å². The third-order valence-corrected chi connectivity index (χ3v) is 5.38. The Hall–Kier alpha value is -3.63. The van der Waals surface area contributed by atoms with Crippen LogP contribution in [0.3, 0.4) is 0 Å². The number of thiocarbonyl (C=S) groups is 1. The van der Waals surface area contributed by atoms with Gasteiger partial charge in [0, 0.05) is 49.6 Å². The maximum Gasteiger partial charge on any atom is 0.270 e. The highest BCUT2D eigenvalue weighted by atomic mass is 32.1. The van der Waals surface area contributed by atoms with Gasteiger partial charge < -0.3 is 10.2 Å². The molecule has 31 heavy (non-hydrogen) atoms. The molecule has 2 aliphatic rings. The lowest BCUT2D eigenvalue weighted by Crippen LogP contribution is -2.54. The van der Waals surface area contributed by atoms with E-state index in [4.69, 9.17) is 12.2 Å². The van der Waals surface area contributed by atoms with Crippen molar-refractivity contribution in [2.75, 3.05) is 36.0 Å². The summed E-state index contributed by atoms with van der Waals surface area (Å²) in [6, 6.07) is 13.2. The van der Waals surface area contributed by atoms with E-state index in [2.05, 4.69) is 15.5 Å². The second-order valence-electron chi connectivity index (χ2n) is 7.03. The number of nitro groups is 1. The van der Waals surface area contributed by atoms with E-state index in [1.807, 2.05) is 0 Å². The van der Waals surface area contributed by atoms with Gasteiger partial charge in [-0.25, -0.2) is 0 Å². The zero-order chi connectivity index (χ0) is 22.0. The molecule has 4 rings (SSSR count). The SMILES string of the molecule is O=C1NC(=S)N(c2ccccc2)C(=O)/C1=C\c1cc([N+](=O)[O-])ccc1N1CCNCC1. The van der Waals surface area contributed by atoms with E-state index in [1.54, 1.807) is 36.4 Å². The first-order valence-corrected chi connectivity index (χ1v) is 10.1. The maximum atomic E-state index is 13.2. The van der Waals surface area contributed by atoms with Gasteiger partial charge in [0.1, 0.15) is 5.57 Å². The Kier molecular flexibility index (Phi) is 5.74. The van der Waals surface area contributed by atoms with Crippen LogP contribution in [0.1, 0.15) is 5.56 Å². The van der Waals surface area contributed by atoms with Crippen LogP contribution in [0.5, 0.6) is 0 Å². The van der Waals surface area contributed by atoms with Crippen LogP contribution < -0.4 is 20.4 Å². The average Bonchev–Trinajstić information content (AvgIpc) is 2.77. The third kappa shape index (κ3) is 4.16. The lowest BCUT2D eigenvalue weighted by atomic mass is 10.0. The van der Waals surface area contributed by atoms with E-state index in [-0.39, 0.29) is 16.4 Å². The topological polar surface area (TPSA) is 108 Å². The highest BCUT2D eigenvalue weighted by Gasteiger charge is 2.34. The molecule has 10 heteroatoms. The van der Waals surface area contributed by atoms with E-state index in [0.717, 1.165) is 18.8 Å². The van der Waals surface area contributed by atoms with Gasteiger partial charge in [0.2, 0.25) is 0 Å². The number of carbonyl (C=O) groups excluding carboxylic acids is 2. The number of benzene rings is 2. The van der Waals surface area contributed by atoms with Crippen molar-refractivity contribution in [1.29, 1.82) is 0 Å². The molecule has 158 valence electrons. The summed E-state index contributed by atoms with van der Waals surface area (Å²) in [5, 5.41) is 17.1. The van der Waals surface area contributed by atoms with Crippen LogP contribution in [-0.2, 0) is 9.59 Å². The fourth-order valence-electron chi connectivity index (χ4n) is 3.59. The van der Waals surface area contributed by atoms with E-state index < -0.39 is 16.7 Å². The van der Waals surface area contributed by atoms with Crippen molar-refractivity contribution >= 4 is 52.3 Å². The number of carbonyl (C=O) groups is 2. The number of hydrogen-bond donors (Lipinski definition) is 2. The fraction of sp³-hybridized carbons (Fsp3) is 0.190. The van der Waals surface area contributed by atoms with Crippen molar-refractivity contribution in [2.24, 2.45) is 0 Å². The summed E-state index contributed by atoms with van der Waals surface area (Å²) >= 11 is 5.21. The zero-order valence-corrected chi connectivity index (χ0v) is 17.2. The largest absolute Gasteiger partial charge is 0.368 e. The lowest BCUT2D eigenvalue weighted by molar-refractivity contribution is -0.384. The number of nitro benzene ring substituents is 1. The molecule has 2 saturated heterocycles. The lowest BCUT2D eigenvalue weighted by Gasteiger charge is -2.31. The van der Waals surface area contributed by atoms with Crippen LogP contribution in [0, 0.1) is 10.1 Å². The summed E-state index contributed by atoms with van der Waals surface area (Å²) in [6.45, 7) is 2.94. The van der Waals surface area contributed by atoms with Crippen LogP contribution in [0.4, 0.5) is 17.1 Å². The predicted octanol–water partition coefficient (Wildman–Crippen LogP) is 1.84. The Morgan fingerprint density at radius 2 is 1.77 bits per heavy atom. The molecule has 2 fully saturated rings. The van der Waals surface area contributed by atoms with Crippen molar-refractivity contribution in [3.8, 4) is 0 Å². The second kappa shape index (κ2) is 8.62. The van der Waals surface area contributed by atoms with Crippen LogP contribution >= 0.6 is 12.2 Å². The van der Waals surface area contributed by atoms with Gasteiger partial charge in [-0.1, -0.05) is 18.2 Å². The molecule has 0 atom stereocenters. The van der Waals surface area contributed by atoms with Gasteiger partial charge in [-0.2, -0.15) is 0 Å². The number of non-ortho nitro benzene ring substituents is 1. The first kappa shape index (κ1) is 20.6. The first-order valence-electron chi connectivity index (χ1n) is 9.66. The highest BCUT2D eigenvalue weighted by Crippen LogP contribution is 2.29. The predicted molar refractivity (Wildman–Crippen MR) is 121 cm³/mol. The summed E-state index contributed by atoms with van der Waals surface area (Å²) in [7, 11) is 0. The van der Waals surface area contributed by atoms with E-state index in [1.165, 1.54) is 23.1 Å². The standard InChI is InChI=1S/C21H19N5O4S/c27-19-17(20(28)25(21(31)23-19)15-4-2-1-3-5-15)13-14-12-16(26(29)30)6-7-18(14)24-10-8-22-9-11-24/h1-7,12-13,22H,8-11H2,(H,23,27,31)/b17-13-. The number of anilines is 2. The van der Waals surface area contributed by atoms with Crippen LogP contribution in [0.25, 0.3) is 6.08 Å². The Morgan fingerprint density at radius 1 is 1.06 bits per heavy atom. The van der Waals surface area contributed by atoms with E-state index in [9.17, 15) is 19.7 Å². The first-order chi connectivity index (χ1) is 15.0. The zero-order valence-electron chi connectivity index (χ0n) is 16.4. The Balaban J connectivity index is 1.79. The summed E-state index contributed by atoms with van der Waals surface area (Å²) in [4.78, 5) is 40.0. The van der Waals surface area contributed by atoms with Gasteiger partial charge in [0.05, 0.1) is 10.6 Å². The highest BCUT2D eigenvalue weighted by molar-refractivity contribution is 7.80. The molecule has 2 N–H and O–H groups in total. The Labute approximate surface area is 183 Å². The van der Waals surface area contributed by atoms with Crippen molar-refractivity contribution < 1.29 is 14.5 Å². The third-order valence-electron chi connectivity index (χ3n) is 5.10. The van der Waals surface area contributed by atoms with Crippen molar-refractivity contribution in [2.45, 2.75) is 0 Å². The average molecular weight is 437 g/mol. The minimum atomic E-state index is -0.639. The monoisotopic (exact) mass is 437 g/mol. The minimum Gasteiger partial charge on any atom is -0.368 e. The summed E-state index contributed by atoms with van der Waals surface area (Å²) in [5.74, 6) is -1.22. The maximum absolute atomic E-state index is 13.2. The molecule has 0 unspecified atom stereocenters. The van der Waals surface area contributed by atoms with Gasteiger partial charge >= 0.3 is 0 Å². The number of hydrogen-bond acceptors (Lipinski definition) is 7. The molecule has 9 nitrogen and oxygen atoms in total. The summed E-state index contributed by atoms with van der Waals surface area (Å²) in [6.07, 6.45) is 1.40. The normalized spacial score (nSPS) is 18.3. The molecule has 0 aromatic heterocycles. The number of nitrogens with one attached hydrogen (secondary N) is 2. The van der Waals surface area contributed by atoms with Crippen molar-refractivity contribution in [1.82, 2.24) is 10.6 Å². The molecule has 0 aliphatic carbocycles. The van der Waals surface area contributed by atoms with Gasteiger partial charge in [-0.3, -0.25) is 29.9 Å². The van der Waals surface area contributed by atoms with Crippen LogP contribution in [0.2, 0.25) is 0 Å². The molecule has 2 aromatic rings. The Morgan fingerprint density at radius 3 is 2.45 bits per heavy atom. The minimum absolute atomic E-state index is 0.0141. The van der Waals surface area contributed by atoms with Crippen molar-refractivity contribution in [3.05, 3.63) is 69.8 Å². The molecule has 0 bridgehead atoms. The number of amides is 2. The van der Waals surface area contributed by atoms with Gasteiger partial charge in [0.25, 0.3) is 17.5 Å². The number of para-hydroxylation sites is 1. The molecule has 2 aromatic carbocycles. The molecule has 2 aliphatic heterocycles. The molecule has 2 amide bonds. The quantitative estimate of drug-likeness (QED) is 0.247. The number of nitrogens with zero attached hydrogens (tertiary/aromatic N) is 3. The Bertz CT molecular complexity index is 1100. The molecular weight excluding hydrogens is 418 g/mol. The molecule has 0 spiro atoms. The van der Waals surface area contributed by atoms with E-state index >= 15 is 0 Å². The smallest absolute Gasteiger partial charge is 0.270 e. The van der Waals surface area contributed by atoms with Crippen LogP contribution in [-0.4, -0.2) is 48.0 Å². The number of rotatable bonds is 4. The summed E-state index contributed by atoms with van der Waals surface area (Å²) in [5.41, 5.74) is 1.40. The fourth-order valence-corrected chi connectivity index (χ4v) is 3.87. The second-order valence-corrected chi connectivity index (χ2v) is 7.42. The van der Waals surface area contributed by atoms with Gasteiger partial charge in [-0.15, -0.1) is 0 Å². The number of piperazine rings is 1. The molecule has 0 radical (unpaired) electrons. The van der Waals surface area contributed by atoms with Gasteiger partial charge in [0.15, 0.2) is 5.11 Å². The summed E-state index contributed by atoms with van der Waals surface area (Å²) < 4.78 is 0. The van der Waals surface area contributed by atoms with Gasteiger partial charge in [-0.05, 0) is 36.5 Å². The molecular formula is C21H19N5O4S. The van der Waals surface area contributed by atoms with E-state index in [0.29, 0.717) is 24.3 Å². The molecule has 0 saturated carbocycles. The van der Waals surface area contributed by atoms with Crippen LogP contribution in [0.15, 0.2) is 54.1 Å². The molecule has 2 heterocycles.